The third-order valence-corrected chi connectivity index (χ3v) is 4.58. The van der Waals surface area contributed by atoms with Gasteiger partial charge in [-0.3, -0.25) is 0 Å². The van der Waals surface area contributed by atoms with Crippen LogP contribution in [0.2, 0.25) is 5.02 Å². The van der Waals surface area contributed by atoms with Crippen molar-refractivity contribution >= 4 is 52.9 Å². The average Bonchev–Trinajstić information content (AvgIpc) is 2.99. The predicted octanol–water partition coefficient (Wildman–Crippen LogP) is 4.23. The Morgan fingerprint density at radius 1 is 1.26 bits per heavy atom. The monoisotopic (exact) mass is 464 g/mol. The first-order chi connectivity index (χ1) is 10.7. The fourth-order valence-corrected chi connectivity index (χ4v) is 2.88. The van der Waals surface area contributed by atoms with Crippen LogP contribution in [0.25, 0.3) is 0 Å². The van der Waals surface area contributed by atoms with Crippen LogP contribution in [-0.4, -0.2) is 17.5 Å². The lowest BCUT2D eigenvalue weighted by Gasteiger charge is -2.10. The number of hydrogen-bond donors (Lipinski definition) is 2. The van der Waals surface area contributed by atoms with Crippen LogP contribution in [-0.2, 0) is 19.5 Å². The molecule has 0 radical (unpaired) electrons. The molecular weight excluding hydrogens is 443 g/mol. The fourth-order valence-electron chi connectivity index (χ4n) is 1.89. The number of aliphatic imine (C=N–C) groups is 1. The average molecular weight is 465 g/mol. The van der Waals surface area contributed by atoms with Crippen molar-refractivity contribution in [1.82, 2.24) is 15.6 Å². The molecule has 7 heteroatoms. The molecule has 0 aliphatic rings. The standard InChI is InChI=1S/C16H21ClN4S.HI/c1-3-13-10-19-15(22-13)11-21-16(18-4-2)20-9-12-7-5-6-8-14(12)17;/h5-8,10H,3-4,9,11H2,1-2H3,(H2,18,20,21);1H. The maximum absolute atomic E-state index is 6.16. The minimum atomic E-state index is 0. The summed E-state index contributed by atoms with van der Waals surface area (Å²) in [7, 11) is 0. The number of hydrogen-bond acceptors (Lipinski definition) is 3. The summed E-state index contributed by atoms with van der Waals surface area (Å²) in [5, 5.41) is 8.36. The van der Waals surface area contributed by atoms with Crippen LogP contribution in [0, 0.1) is 0 Å². The van der Waals surface area contributed by atoms with Crippen LogP contribution in [0.3, 0.4) is 0 Å². The molecule has 2 aromatic rings. The van der Waals surface area contributed by atoms with Gasteiger partial charge in [-0.05, 0) is 25.0 Å². The van der Waals surface area contributed by atoms with E-state index < -0.39 is 0 Å². The number of thiazole rings is 1. The number of halogens is 2. The van der Waals surface area contributed by atoms with Gasteiger partial charge in [0.1, 0.15) is 5.01 Å². The zero-order chi connectivity index (χ0) is 15.8. The first-order valence-corrected chi connectivity index (χ1v) is 8.61. The van der Waals surface area contributed by atoms with Crippen molar-refractivity contribution in [3.05, 3.63) is 50.9 Å². The molecule has 4 nitrogen and oxygen atoms in total. The van der Waals surface area contributed by atoms with Crippen LogP contribution in [0.1, 0.15) is 29.3 Å². The normalized spacial score (nSPS) is 11.0. The summed E-state index contributed by atoms with van der Waals surface area (Å²) in [5.74, 6) is 0.774. The van der Waals surface area contributed by atoms with E-state index in [1.54, 1.807) is 11.3 Å². The molecule has 0 saturated heterocycles. The molecule has 0 bridgehead atoms. The highest BCUT2D eigenvalue weighted by molar-refractivity contribution is 14.0. The van der Waals surface area contributed by atoms with Gasteiger partial charge in [0.2, 0.25) is 0 Å². The summed E-state index contributed by atoms with van der Waals surface area (Å²) < 4.78 is 0. The van der Waals surface area contributed by atoms with Crippen molar-refractivity contribution in [3.63, 3.8) is 0 Å². The lowest BCUT2D eigenvalue weighted by molar-refractivity contribution is 0.811. The molecule has 2 N–H and O–H groups in total. The van der Waals surface area contributed by atoms with E-state index in [2.05, 4.69) is 27.5 Å². The summed E-state index contributed by atoms with van der Waals surface area (Å²) in [6, 6.07) is 7.77. The van der Waals surface area contributed by atoms with Gasteiger partial charge in [0.25, 0.3) is 0 Å². The van der Waals surface area contributed by atoms with Crippen LogP contribution in [0.15, 0.2) is 35.5 Å². The quantitative estimate of drug-likeness (QED) is 0.382. The van der Waals surface area contributed by atoms with Gasteiger partial charge in [-0.15, -0.1) is 35.3 Å². The van der Waals surface area contributed by atoms with Crippen molar-refractivity contribution < 1.29 is 0 Å². The molecule has 0 unspecified atom stereocenters. The number of aromatic nitrogens is 1. The van der Waals surface area contributed by atoms with Crippen molar-refractivity contribution in [2.45, 2.75) is 33.4 Å². The number of benzene rings is 1. The smallest absolute Gasteiger partial charge is 0.191 e. The number of nitrogens with one attached hydrogen (secondary N) is 2. The third kappa shape index (κ3) is 6.64. The summed E-state index contributed by atoms with van der Waals surface area (Å²) in [6.07, 6.45) is 2.97. The summed E-state index contributed by atoms with van der Waals surface area (Å²) in [6.45, 7) is 6.23. The highest BCUT2D eigenvalue weighted by atomic mass is 127. The molecule has 0 atom stereocenters. The third-order valence-electron chi connectivity index (χ3n) is 3.07. The van der Waals surface area contributed by atoms with E-state index in [1.807, 2.05) is 37.4 Å². The second kappa shape index (κ2) is 10.8. The number of guanidine groups is 1. The lowest BCUT2D eigenvalue weighted by Crippen LogP contribution is -2.36. The zero-order valence-corrected chi connectivity index (χ0v) is 17.2. The molecule has 0 aliphatic heterocycles. The topological polar surface area (TPSA) is 49.3 Å². The van der Waals surface area contributed by atoms with Crippen LogP contribution >= 0.6 is 46.9 Å². The Hall–Kier alpha value is -0.860. The fraction of sp³-hybridized carbons (Fsp3) is 0.375. The van der Waals surface area contributed by atoms with Crippen molar-refractivity contribution in [1.29, 1.82) is 0 Å². The lowest BCUT2D eigenvalue weighted by atomic mass is 10.2. The Kier molecular flexibility index (Phi) is 9.50. The summed E-state index contributed by atoms with van der Waals surface area (Å²) >= 11 is 7.89. The molecule has 0 aliphatic carbocycles. The Morgan fingerprint density at radius 2 is 2.04 bits per heavy atom. The maximum Gasteiger partial charge on any atom is 0.191 e. The van der Waals surface area contributed by atoms with E-state index in [4.69, 9.17) is 11.6 Å². The second-order valence-electron chi connectivity index (χ2n) is 4.71. The van der Waals surface area contributed by atoms with E-state index in [0.717, 1.165) is 34.5 Å². The Balaban J connectivity index is 0.00000264. The van der Waals surface area contributed by atoms with Gasteiger partial charge >= 0.3 is 0 Å². The highest BCUT2D eigenvalue weighted by Crippen LogP contribution is 2.16. The van der Waals surface area contributed by atoms with E-state index in [1.165, 1.54) is 4.88 Å². The van der Waals surface area contributed by atoms with Crippen LogP contribution in [0.5, 0.6) is 0 Å². The molecule has 0 saturated carbocycles. The minimum absolute atomic E-state index is 0. The van der Waals surface area contributed by atoms with Gasteiger partial charge in [0.05, 0.1) is 13.1 Å². The van der Waals surface area contributed by atoms with E-state index in [9.17, 15) is 0 Å². The summed E-state index contributed by atoms with van der Waals surface area (Å²) in [4.78, 5) is 10.3. The molecule has 0 amide bonds. The predicted molar refractivity (Wildman–Crippen MR) is 110 cm³/mol. The molecule has 1 aromatic heterocycles. The van der Waals surface area contributed by atoms with E-state index >= 15 is 0 Å². The molecule has 0 fully saturated rings. The van der Waals surface area contributed by atoms with Gasteiger partial charge in [-0.25, -0.2) is 9.98 Å². The van der Waals surface area contributed by atoms with Crippen molar-refractivity contribution in [3.8, 4) is 0 Å². The van der Waals surface area contributed by atoms with E-state index in [0.29, 0.717) is 13.1 Å². The summed E-state index contributed by atoms with van der Waals surface area (Å²) in [5.41, 5.74) is 1.02. The highest BCUT2D eigenvalue weighted by Gasteiger charge is 2.03. The van der Waals surface area contributed by atoms with Crippen molar-refractivity contribution in [2.24, 2.45) is 4.99 Å². The van der Waals surface area contributed by atoms with Gasteiger partial charge in [-0.2, -0.15) is 0 Å². The van der Waals surface area contributed by atoms with Crippen LogP contribution < -0.4 is 10.6 Å². The molecular formula is C16H22ClIN4S. The molecule has 1 heterocycles. The Labute approximate surface area is 163 Å². The zero-order valence-electron chi connectivity index (χ0n) is 13.3. The first kappa shape index (κ1) is 20.2. The number of nitrogens with zero attached hydrogens (tertiary/aromatic N) is 2. The van der Waals surface area contributed by atoms with Gasteiger partial charge in [-0.1, -0.05) is 36.7 Å². The molecule has 126 valence electrons. The molecule has 1 aromatic carbocycles. The van der Waals surface area contributed by atoms with Gasteiger partial charge in [0.15, 0.2) is 5.96 Å². The van der Waals surface area contributed by atoms with E-state index in [-0.39, 0.29) is 24.0 Å². The maximum atomic E-state index is 6.16. The molecule has 0 spiro atoms. The SMILES string of the molecule is CCNC(=NCc1ccccc1Cl)NCc1ncc(CC)s1.I. The minimum Gasteiger partial charge on any atom is -0.357 e. The van der Waals surface area contributed by atoms with Crippen molar-refractivity contribution in [2.75, 3.05) is 6.54 Å². The Bertz CT molecular complexity index is 630. The van der Waals surface area contributed by atoms with Gasteiger partial charge in [0, 0.05) is 22.6 Å². The number of rotatable bonds is 6. The van der Waals surface area contributed by atoms with Crippen LogP contribution in [0.4, 0.5) is 0 Å². The first-order valence-electron chi connectivity index (χ1n) is 7.42. The molecule has 2 rings (SSSR count). The Morgan fingerprint density at radius 3 is 2.70 bits per heavy atom. The van der Waals surface area contributed by atoms with Gasteiger partial charge < -0.3 is 10.6 Å². The number of aryl methyl sites for hydroxylation is 1. The largest absolute Gasteiger partial charge is 0.357 e. The second-order valence-corrected chi connectivity index (χ2v) is 6.32. The molecule has 23 heavy (non-hydrogen) atoms.